The van der Waals surface area contributed by atoms with Gasteiger partial charge in [0.05, 0.1) is 0 Å². The van der Waals surface area contributed by atoms with Crippen LogP contribution in [0.5, 0.6) is 0 Å². The summed E-state index contributed by atoms with van der Waals surface area (Å²) in [6.45, 7) is 1.31. The van der Waals surface area contributed by atoms with Gasteiger partial charge in [0.1, 0.15) is 6.54 Å². The van der Waals surface area contributed by atoms with E-state index in [0.717, 1.165) is 5.56 Å². The molecule has 0 atom stereocenters. The summed E-state index contributed by atoms with van der Waals surface area (Å²) in [5, 5.41) is 14.0. The minimum atomic E-state index is -1.13. The number of rotatable bonds is 5. The van der Waals surface area contributed by atoms with Gasteiger partial charge < -0.3 is 15.7 Å². The molecule has 24 heavy (non-hydrogen) atoms. The standard InChI is InChI=1S/C17H15ClN2O4/c1-10-5-6-12(16(23)19-9-15(21)22)8-14(10)20-17(24)11-3-2-4-13(18)7-11/h2-8H,9H2,1H3,(H,19,23)(H,20,24)(H,21,22). The number of benzene rings is 2. The molecule has 0 spiro atoms. The van der Waals surface area contributed by atoms with Crippen LogP contribution in [-0.2, 0) is 4.79 Å². The molecule has 2 rings (SSSR count). The fourth-order valence-corrected chi connectivity index (χ4v) is 2.17. The van der Waals surface area contributed by atoms with Crippen molar-refractivity contribution >= 4 is 35.1 Å². The van der Waals surface area contributed by atoms with Crippen LogP contribution in [0, 0.1) is 6.92 Å². The van der Waals surface area contributed by atoms with Crippen molar-refractivity contribution < 1.29 is 19.5 Å². The van der Waals surface area contributed by atoms with Gasteiger partial charge in [-0.25, -0.2) is 0 Å². The zero-order valence-electron chi connectivity index (χ0n) is 12.8. The number of nitrogens with one attached hydrogen (secondary N) is 2. The molecule has 3 N–H and O–H groups in total. The number of halogens is 1. The first kappa shape index (κ1) is 17.5. The van der Waals surface area contributed by atoms with Gasteiger partial charge in [0.15, 0.2) is 0 Å². The maximum Gasteiger partial charge on any atom is 0.322 e. The smallest absolute Gasteiger partial charge is 0.322 e. The summed E-state index contributed by atoms with van der Waals surface area (Å²) in [5.41, 5.74) is 1.87. The van der Waals surface area contributed by atoms with Gasteiger partial charge in [-0.1, -0.05) is 23.7 Å². The van der Waals surface area contributed by atoms with Crippen LogP contribution in [0.25, 0.3) is 0 Å². The van der Waals surface area contributed by atoms with Gasteiger partial charge in [-0.2, -0.15) is 0 Å². The summed E-state index contributed by atoms with van der Waals surface area (Å²) in [5.74, 6) is -2.02. The first-order chi connectivity index (χ1) is 11.4. The zero-order chi connectivity index (χ0) is 17.7. The van der Waals surface area contributed by atoms with E-state index >= 15 is 0 Å². The van der Waals surface area contributed by atoms with E-state index in [2.05, 4.69) is 10.6 Å². The van der Waals surface area contributed by atoms with Crippen LogP contribution in [-0.4, -0.2) is 29.4 Å². The van der Waals surface area contributed by atoms with Crippen molar-refractivity contribution in [1.82, 2.24) is 5.32 Å². The zero-order valence-corrected chi connectivity index (χ0v) is 13.6. The molecular formula is C17H15ClN2O4. The number of hydrogen-bond donors (Lipinski definition) is 3. The molecule has 2 aromatic rings. The van der Waals surface area contributed by atoms with Crippen molar-refractivity contribution in [3.05, 3.63) is 64.2 Å². The molecule has 0 radical (unpaired) electrons. The summed E-state index contributed by atoms with van der Waals surface area (Å²) in [6.07, 6.45) is 0. The van der Waals surface area contributed by atoms with E-state index in [1.165, 1.54) is 12.1 Å². The topological polar surface area (TPSA) is 95.5 Å². The largest absolute Gasteiger partial charge is 0.480 e. The van der Waals surface area contributed by atoms with Crippen molar-refractivity contribution in [2.75, 3.05) is 11.9 Å². The highest BCUT2D eigenvalue weighted by Crippen LogP contribution is 2.19. The van der Waals surface area contributed by atoms with E-state index in [0.29, 0.717) is 16.3 Å². The molecule has 0 fully saturated rings. The Balaban J connectivity index is 2.18. The summed E-state index contributed by atoms with van der Waals surface area (Å²) >= 11 is 5.87. The van der Waals surface area contributed by atoms with Crippen LogP contribution >= 0.6 is 11.6 Å². The van der Waals surface area contributed by atoms with Crippen molar-refractivity contribution in [2.45, 2.75) is 6.92 Å². The van der Waals surface area contributed by atoms with E-state index in [4.69, 9.17) is 16.7 Å². The lowest BCUT2D eigenvalue weighted by Crippen LogP contribution is -2.29. The minimum Gasteiger partial charge on any atom is -0.480 e. The minimum absolute atomic E-state index is 0.253. The van der Waals surface area contributed by atoms with Crippen LogP contribution < -0.4 is 10.6 Å². The molecule has 0 aliphatic heterocycles. The maximum atomic E-state index is 12.3. The van der Waals surface area contributed by atoms with E-state index in [-0.39, 0.29) is 11.5 Å². The number of carboxylic acid groups (broad SMARTS) is 1. The molecule has 0 saturated carbocycles. The molecule has 2 amide bonds. The van der Waals surface area contributed by atoms with Crippen LogP contribution in [0.15, 0.2) is 42.5 Å². The number of amides is 2. The van der Waals surface area contributed by atoms with Crippen molar-refractivity contribution in [2.24, 2.45) is 0 Å². The summed E-state index contributed by atoms with van der Waals surface area (Å²) in [4.78, 5) is 34.7. The predicted octanol–water partition coefficient (Wildman–Crippen LogP) is 2.72. The number of carbonyl (C=O) groups is 3. The molecule has 0 aliphatic carbocycles. The second kappa shape index (κ2) is 7.61. The van der Waals surface area contributed by atoms with Crippen LogP contribution in [0.4, 0.5) is 5.69 Å². The third kappa shape index (κ3) is 4.57. The average molecular weight is 347 g/mol. The Hall–Kier alpha value is -2.86. The fraction of sp³-hybridized carbons (Fsp3) is 0.118. The molecule has 2 aromatic carbocycles. The highest BCUT2D eigenvalue weighted by molar-refractivity contribution is 6.31. The predicted molar refractivity (Wildman–Crippen MR) is 90.6 cm³/mol. The van der Waals surface area contributed by atoms with Gasteiger partial charge in [-0.3, -0.25) is 14.4 Å². The third-order valence-electron chi connectivity index (χ3n) is 3.23. The van der Waals surface area contributed by atoms with Gasteiger partial charge in [-0.05, 0) is 42.8 Å². The quantitative estimate of drug-likeness (QED) is 0.775. The SMILES string of the molecule is Cc1ccc(C(=O)NCC(=O)O)cc1NC(=O)c1cccc(Cl)c1. The molecular weight excluding hydrogens is 332 g/mol. The number of aryl methyl sites for hydroxylation is 1. The van der Waals surface area contributed by atoms with E-state index < -0.39 is 18.4 Å². The number of carboxylic acids is 1. The number of carbonyl (C=O) groups excluding carboxylic acids is 2. The molecule has 7 heteroatoms. The first-order valence-electron chi connectivity index (χ1n) is 7.04. The monoisotopic (exact) mass is 346 g/mol. The molecule has 124 valence electrons. The Kier molecular flexibility index (Phi) is 5.55. The molecule has 0 aliphatic rings. The van der Waals surface area contributed by atoms with Crippen molar-refractivity contribution in [3.8, 4) is 0 Å². The molecule has 0 aromatic heterocycles. The lowest BCUT2D eigenvalue weighted by molar-refractivity contribution is -0.135. The van der Waals surface area contributed by atoms with Gasteiger partial charge in [0.25, 0.3) is 11.8 Å². The lowest BCUT2D eigenvalue weighted by atomic mass is 10.1. The van der Waals surface area contributed by atoms with Gasteiger partial charge in [0, 0.05) is 21.8 Å². The van der Waals surface area contributed by atoms with Crippen LogP contribution in [0.3, 0.4) is 0 Å². The van der Waals surface area contributed by atoms with Crippen LogP contribution in [0.2, 0.25) is 5.02 Å². The van der Waals surface area contributed by atoms with Gasteiger partial charge >= 0.3 is 5.97 Å². The molecule has 6 nitrogen and oxygen atoms in total. The van der Waals surface area contributed by atoms with Gasteiger partial charge in [0.2, 0.25) is 0 Å². The summed E-state index contributed by atoms with van der Waals surface area (Å²) < 4.78 is 0. The molecule has 0 bridgehead atoms. The highest BCUT2D eigenvalue weighted by Gasteiger charge is 2.12. The maximum absolute atomic E-state index is 12.3. The van der Waals surface area contributed by atoms with Crippen molar-refractivity contribution in [1.29, 1.82) is 0 Å². The molecule has 0 saturated heterocycles. The Labute approximate surface area is 143 Å². The number of aliphatic carboxylic acids is 1. The third-order valence-corrected chi connectivity index (χ3v) is 3.47. The molecule has 0 heterocycles. The Morgan fingerprint density at radius 2 is 1.75 bits per heavy atom. The first-order valence-corrected chi connectivity index (χ1v) is 7.42. The van der Waals surface area contributed by atoms with Crippen molar-refractivity contribution in [3.63, 3.8) is 0 Å². The van der Waals surface area contributed by atoms with Gasteiger partial charge in [-0.15, -0.1) is 0 Å². The van der Waals surface area contributed by atoms with E-state index in [1.54, 1.807) is 37.3 Å². The fourth-order valence-electron chi connectivity index (χ4n) is 1.98. The van der Waals surface area contributed by atoms with Crippen LogP contribution in [0.1, 0.15) is 26.3 Å². The second-order valence-electron chi connectivity index (χ2n) is 5.07. The Morgan fingerprint density at radius 3 is 2.42 bits per heavy atom. The Morgan fingerprint density at radius 1 is 1.04 bits per heavy atom. The molecule has 0 unspecified atom stereocenters. The second-order valence-corrected chi connectivity index (χ2v) is 5.51. The average Bonchev–Trinajstić information content (AvgIpc) is 2.54. The summed E-state index contributed by atoms with van der Waals surface area (Å²) in [6, 6.07) is 11.2. The highest BCUT2D eigenvalue weighted by atomic mass is 35.5. The lowest BCUT2D eigenvalue weighted by Gasteiger charge is -2.11. The van der Waals surface area contributed by atoms with E-state index in [9.17, 15) is 14.4 Å². The number of hydrogen-bond acceptors (Lipinski definition) is 3. The normalized spacial score (nSPS) is 10.1. The Bertz CT molecular complexity index is 805. The summed E-state index contributed by atoms with van der Waals surface area (Å²) in [7, 11) is 0. The number of anilines is 1. The van der Waals surface area contributed by atoms with E-state index in [1.807, 2.05) is 0 Å².